The minimum absolute atomic E-state index is 0. The summed E-state index contributed by atoms with van der Waals surface area (Å²) in [6.07, 6.45) is -2.04. The fraction of sp³-hybridized carbons (Fsp3) is 0.615. The van der Waals surface area contributed by atoms with Crippen LogP contribution in [0.1, 0.15) is 12.8 Å². The van der Waals surface area contributed by atoms with E-state index in [9.17, 15) is 21.6 Å². The number of halogens is 4. The van der Waals surface area contributed by atoms with Crippen LogP contribution in [0.25, 0.3) is 0 Å². The van der Waals surface area contributed by atoms with Crippen LogP contribution in [0.3, 0.4) is 0 Å². The molecule has 0 unspecified atom stereocenters. The van der Waals surface area contributed by atoms with Crippen molar-refractivity contribution < 1.29 is 26.3 Å². The van der Waals surface area contributed by atoms with Gasteiger partial charge in [0.25, 0.3) is 0 Å². The van der Waals surface area contributed by atoms with Crippen LogP contribution in [-0.2, 0) is 10.0 Å². The molecular formula is C13H19ClF3N3O3S. The molecule has 1 aromatic heterocycles. The summed E-state index contributed by atoms with van der Waals surface area (Å²) in [6, 6.07) is 2.62. The molecule has 0 aromatic carbocycles. The number of ether oxygens (including phenoxy) is 1. The molecule has 1 aliphatic heterocycles. The number of aromatic nitrogens is 1. The first-order valence-electron chi connectivity index (χ1n) is 7.05. The molecule has 1 saturated heterocycles. The van der Waals surface area contributed by atoms with Gasteiger partial charge in [-0.3, -0.25) is 0 Å². The van der Waals surface area contributed by atoms with Gasteiger partial charge in [-0.15, -0.1) is 12.4 Å². The van der Waals surface area contributed by atoms with Crippen molar-refractivity contribution >= 4 is 22.4 Å². The number of sulfonamides is 1. The van der Waals surface area contributed by atoms with Crippen molar-refractivity contribution in [1.29, 1.82) is 0 Å². The zero-order chi connectivity index (χ0) is 17.1. The highest BCUT2D eigenvalue weighted by atomic mass is 35.5. The summed E-state index contributed by atoms with van der Waals surface area (Å²) in [6.45, 7) is -0.691. The fourth-order valence-electron chi connectivity index (χ4n) is 2.29. The molecule has 0 aliphatic carbocycles. The lowest BCUT2D eigenvalue weighted by atomic mass is 10.1. The lowest BCUT2D eigenvalue weighted by molar-refractivity contribution is -0.154. The van der Waals surface area contributed by atoms with Gasteiger partial charge in [0, 0.05) is 25.2 Å². The molecule has 0 amide bonds. The molecule has 0 saturated carbocycles. The maximum absolute atomic E-state index is 12.5. The van der Waals surface area contributed by atoms with Gasteiger partial charge in [-0.05, 0) is 26.0 Å². The van der Waals surface area contributed by atoms with E-state index in [1.807, 2.05) is 7.05 Å². The third-order valence-electron chi connectivity index (χ3n) is 3.59. The van der Waals surface area contributed by atoms with E-state index >= 15 is 0 Å². The average Bonchev–Trinajstić information content (AvgIpc) is 2.53. The first kappa shape index (κ1) is 20.9. The van der Waals surface area contributed by atoms with Gasteiger partial charge in [0.1, 0.15) is 4.90 Å². The van der Waals surface area contributed by atoms with Crippen LogP contribution in [0.4, 0.5) is 13.2 Å². The molecular weight excluding hydrogens is 371 g/mol. The summed E-state index contributed by atoms with van der Waals surface area (Å²) in [7, 11) is -1.86. The van der Waals surface area contributed by atoms with E-state index in [0.29, 0.717) is 25.9 Å². The Morgan fingerprint density at radius 1 is 1.33 bits per heavy atom. The standard InChI is InChI=1S/C13H18F3N3O3S.ClH/c1-17-10-4-6-19(7-5-10)23(20,21)11-2-3-12(18-8-11)22-9-13(14,15)16;/h2-3,8,10,17H,4-7,9H2,1H3;1H. The lowest BCUT2D eigenvalue weighted by Gasteiger charge is -2.30. The second-order valence-electron chi connectivity index (χ2n) is 5.20. The molecule has 1 aliphatic rings. The van der Waals surface area contributed by atoms with Crippen LogP contribution in [0.15, 0.2) is 23.2 Å². The lowest BCUT2D eigenvalue weighted by Crippen LogP contribution is -2.43. The minimum Gasteiger partial charge on any atom is -0.468 e. The van der Waals surface area contributed by atoms with Crippen molar-refractivity contribution in [2.75, 3.05) is 26.7 Å². The molecule has 0 spiro atoms. The fourth-order valence-corrected chi connectivity index (χ4v) is 3.71. The highest BCUT2D eigenvalue weighted by Crippen LogP contribution is 2.22. The Labute approximate surface area is 144 Å². The molecule has 24 heavy (non-hydrogen) atoms. The predicted octanol–water partition coefficient (Wildman–Crippen LogP) is 1.82. The second-order valence-corrected chi connectivity index (χ2v) is 7.14. The molecule has 2 heterocycles. The maximum Gasteiger partial charge on any atom is 0.422 e. The minimum atomic E-state index is -4.47. The van der Waals surface area contributed by atoms with Crippen LogP contribution in [0.2, 0.25) is 0 Å². The number of piperidine rings is 1. The summed E-state index contributed by atoms with van der Waals surface area (Å²) >= 11 is 0. The summed E-state index contributed by atoms with van der Waals surface area (Å²) in [5.74, 6) is -0.268. The number of rotatable bonds is 5. The van der Waals surface area contributed by atoms with Gasteiger partial charge in [0.15, 0.2) is 6.61 Å². The molecule has 2 rings (SSSR count). The van der Waals surface area contributed by atoms with E-state index in [0.717, 1.165) is 12.3 Å². The SMILES string of the molecule is CNC1CCN(S(=O)(=O)c2ccc(OCC(F)(F)F)nc2)CC1.Cl. The number of alkyl halides is 3. The largest absolute Gasteiger partial charge is 0.468 e. The average molecular weight is 390 g/mol. The highest BCUT2D eigenvalue weighted by molar-refractivity contribution is 7.89. The first-order chi connectivity index (χ1) is 10.7. The van der Waals surface area contributed by atoms with Crippen molar-refractivity contribution in [3.05, 3.63) is 18.3 Å². The van der Waals surface area contributed by atoms with Crippen LogP contribution in [-0.4, -0.2) is 56.7 Å². The van der Waals surface area contributed by atoms with Gasteiger partial charge in [-0.2, -0.15) is 17.5 Å². The van der Waals surface area contributed by atoms with Gasteiger partial charge in [-0.1, -0.05) is 0 Å². The summed E-state index contributed by atoms with van der Waals surface area (Å²) in [5.41, 5.74) is 0. The first-order valence-corrected chi connectivity index (χ1v) is 8.49. The highest BCUT2D eigenvalue weighted by Gasteiger charge is 2.30. The zero-order valence-corrected chi connectivity index (χ0v) is 14.5. The van der Waals surface area contributed by atoms with Gasteiger partial charge in [-0.25, -0.2) is 13.4 Å². The molecule has 1 fully saturated rings. The smallest absolute Gasteiger partial charge is 0.422 e. The van der Waals surface area contributed by atoms with Gasteiger partial charge in [0.05, 0.1) is 6.20 Å². The number of hydrogen-bond acceptors (Lipinski definition) is 5. The Morgan fingerprint density at radius 2 is 1.96 bits per heavy atom. The summed E-state index contributed by atoms with van der Waals surface area (Å²) in [5, 5.41) is 3.11. The molecule has 6 nitrogen and oxygen atoms in total. The predicted molar refractivity (Wildman–Crippen MR) is 83.9 cm³/mol. The maximum atomic E-state index is 12.5. The van der Waals surface area contributed by atoms with Crippen LogP contribution >= 0.6 is 12.4 Å². The number of hydrogen-bond donors (Lipinski definition) is 1. The molecule has 0 bridgehead atoms. The zero-order valence-electron chi connectivity index (χ0n) is 12.9. The Kier molecular flexibility index (Phi) is 7.26. The quantitative estimate of drug-likeness (QED) is 0.831. The van der Waals surface area contributed by atoms with Crippen molar-refractivity contribution in [3.8, 4) is 5.88 Å². The van der Waals surface area contributed by atoms with Crippen LogP contribution < -0.4 is 10.1 Å². The topological polar surface area (TPSA) is 71.5 Å². The van der Waals surface area contributed by atoms with Crippen LogP contribution in [0.5, 0.6) is 5.88 Å². The van der Waals surface area contributed by atoms with Crippen molar-refractivity contribution in [2.24, 2.45) is 0 Å². The number of pyridine rings is 1. The summed E-state index contributed by atoms with van der Waals surface area (Å²) in [4.78, 5) is 3.58. The normalized spacial score (nSPS) is 17.3. The molecule has 11 heteroatoms. The van der Waals surface area contributed by atoms with Crippen molar-refractivity contribution in [3.63, 3.8) is 0 Å². The molecule has 1 N–H and O–H groups in total. The van der Waals surface area contributed by atoms with Gasteiger partial charge >= 0.3 is 6.18 Å². The Balaban J connectivity index is 0.00000288. The van der Waals surface area contributed by atoms with E-state index in [1.54, 1.807) is 0 Å². The van der Waals surface area contributed by atoms with E-state index < -0.39 is 22.8 Å². The van der Waals surface area contributed by atoms with Gasteiger partial charge < -0.3 is 10.1 Å². The number of nitrogens with zero attached hydrogens (tertiary/aromatic N) is 2. The van der Waals surface area contributed by atoms with Crippen molar-refractivity contribution in [1.82, 2.24) is 14.6 Å². The van der Waals surface area contributed by atoms with E-state index in [1.165, 1.54) is 10.4 Å². The Hall–Kier alpha value is -1.10. The summed E-state index contributed by atoms with van der Waals surface area (Å²) < 4.78 is 66.9. The van der Waals surface area contributed by atoms with Crippen LogP contribution in [0, 0.1) is 0 Å². The van der Waals surface area contributed by atoms with Gasteiger partial charge in [0.2, 0.25) is 15.9 Å². The van der Waals surface area contributed by atoms with Crippen molar-refractivity contribution in [2.45, 2.75) is 30.0 Å². The second kappa shape index (κ2) is 8.32. The third-order valence-corrected chi connectivity index (χ3v) is 5.48. The third kappa shape index (κ3) is 5.47. The monoisotopic (exact) mass is 389 g/mol. The molecule has 0 atom stereocenters. The van der Waals surface area contributed by atoms with E-state index in [4.69, 9.17) is 0 Å². The van der Waals surface area contributed by atoms with E-state index in [-0.39, 0.29) is 29.2 Å². The molecule has 138 valence electrons. The Bertz CT molecular complexity index is 618. The molecule has 0 radical (unpaired) electrons. The molecule has 1 aromatic rings. The Morgan fingerprint density at radius 3 is 2.42 bits per heavy atom. The van der Waals surface area contributed by atoms with E-state index in [2.05, 4.69) is 15.0 Å². The number of nitrogens with one attached hydrogen (secondary N) is 1.